The zero-order valence-corrected chi connectivity index (χ0v) is 17.6. The Labute approximate surface area is 179 Å². The number of nitrogens with one attached hydrogen (secondary N) is 1. The fourth-order valence-corrected chi connectivity index (χ4v) is 3.56. The van der Waals surface area contributed by atoms with Crippen molar-refractivity contribution in [3.8, 4) is 34.0 Å². The molecule has 0 saturated heterocycles. The van der Waals surface area contributed by atoms with Crippen LogP contribution in [-0.2, 0) is 6.42 Å². The Morgan fingerprint density at radius 1 is 1.03 bits per heavy atom. The molecule has 7 nitrogen and oxygen atoms in total. The Kier molecular flexibility index (Phi) is 5.58. The Morgan fingerprint density at radius 2 is 1.77 bits per heavy atom. The first-order valence-corrected chi connectivity index (χ1v) is 10.1. The fraction of sp³-hybridized carbons (Fsp3) is 0.208. The van der Waals surface area contributed by atoms with Crippen molar-refractivity contribution in [2.24, 2.45) is 0 Å². The zero-order chi connectivity index (χ0) is 22.0. The van der Waals surface area contributed by atoms with Crippen molar-refractivity contribution in [3.05, 3.63) is 59.7 Å². The number of rotatable bonds is 7. The van der Waals surface area contributed by atoms with Crippen LogP contribution in [0.4, 0.5) is 0 Å². The van der Waals surface area contributed by atoms with Crippen molar-refractivity contribution in [1.82, 2.24) is 15.2 Å². The molecule has 0 aliphatic carbocycles. The second kappa shape index (κ2) is 8.47. The van der Waals surface area contributed by atoms with Crippen molar-refractivity contribution in [2.45, 2.75) is 20.3 Å². The van der Waals surface area contributed by atoms with Crippen LogP contribution in [0.5, 0.6) is 11.5 Å². The third-order valence-electron chi connectivity index (χ3n) is 5.16. The number of benzene rings is 2. The largest absolute Gasteiger partial charge is 0.493 e. The van der Waals surface area contributed by atoms with E-state index in [1.54, 1.807) is 25.3 Å². The summed E-state index contributed by atoms with van der Waals surface area (Å²) in [5, 5.41) is 17.7. The van der Waals surface area contributed by atoms with Gasteiger partial charge in [-0.3, -0.25) is 5.10 Å². The van der Waals surface area contributed by atoms with E-state index in [4.69, 9.17) is 9.47 Å². The van der Waals surface area contributed by atoms with Gasteiger partial charge in [0.25, 0.3) is 0 Å². The Balaban J connectivity index is 1.86. The average Bonchev–Trinajstić information content (AvgIpc) is 3.23. The molecule has 0 aliphatic heterocycles. The number of H-pyrrole nitrogens is 1. The summed E-state index contributed by atoms with van der Waals surface area (Å²) < 4.78 is 11.0. The summed E-state index contributed by atoms with van der Waals surface area (Å²) in [7, 11) is 1.56. The van der Waals surface area contributed by atoms with Gasteiger partial charge in [0.1, 0.15) is 0 Å². The number of methoxy groups -OCH3 is 1. The predicted octanol–water partition coefficient (Wildman–Crippen LogP) is 4.96. The monoisotopic (exact) mass is 417 g/mol. The van der Waals surface area contributed by atoms with E-state index >= 15 is 0 Å². The lowest BCUT2D eigenvalue weighted by Crippen LogP contribution is -2.01. The third kappa shape index (κ3) is 3.82. The molecule has 0 unspecified atom stereocenters. The van der Waals surface area contributed by atoms with Crippen LogP contribution < -0.4 is 9.47 Å². The van der Waals surface area contributed by atoms with Crippen LogP contribution >= 0.6 is 0 Å². The lowest BCUT2D eigenvalue weighted by molar-refractivity contribution is 0.0699. The molecule has 0 amide bonds. The van der Waals surface area contributed by atoms with Gasteiger partial charge in [0.15, 0.2) is 17.1 Å². The quantitative estimate of drug-likeness (QED) is 0.441. The van der Waals surface area contributed by atoms with Crippen molar-refractivity contribution < 1.29 is 19.4 Å². The van der Waals surface area contributed by atoms with Crippen LogP contribution in [0.25, 0.3) is 33.5 Å². The number of aromatic carboxylic acids is 1. The summed E-state index contributed by atoms with van der Waals surface area (Å²) in [6.45, 7) is 4.50. The minimum absolute atomic E-state index is 0.135. The fourth-order valence-electron chi connectivity index (χ4n) is 3.56. The number of aromatic nitrogens is 3. The van der Waals surface area contributed by atoms with Crippen LogP contribution in [0.15, 0.2) is 48.5 Å². The maximum Gasteiger partial charge on any atom is 0.336 e. The van der Waals surface area contributed by atoms with E-state index in [0.717, 1.165) is 12.0 Å². The highest BCUT2D eigenvalue weighted by molar-refractivity contribution is 6.08. The average molecular weight is 417 g/mol. The van der Waals surface area contributed by atoms with E-state index in [-0.39, 0.29) is 5.56 Å². The standard InChI is InChI=1S/C24H23N3O4/c1-4-14-6-8-15(9-7-14)22-21-17(24(28)29)13-18(25-23(21)27-26-22)16-10-11-19(31-5-2)20(12-16)30-3/h6-13H,4-5H2,1-3H3,(H,28,29)(H,25,26,27). The number of carboxylic acid groups (broad SMARTS) is 1. The van der Waals surface area contributed by atoms with Crippen molar-refractivity contribution >= 4 is 17.0 Å². The van der Waals surface area contributed by atoms with Gasteiger partial charge >= 0.3 is 5.97 Å². The van der Waals surface area contributed by atoms with Crippen molar-refractivity contribution in [2.75, 3.05) is 13.7 Å². The molecule has 0 bridgehead atoms. The first-order valence-electron chi connectivity index (χ1n) is 10.1. The van der Waals surface area contributed by atoms with Gasteiger partial charge in [0.2, 0.25) is 0 Å². The molecule has 158 valence electrons. The van der Waals surface area contributed by atoms with Gasteiger partial charge in [-0.25, -0.2) is 9.78 Å². The Bertz CT molecular complexity index is 1250. The summed E-state index contributed by atoms with van der Waals surface area (Å²) in [6, 6.07) is 14.9. The zero-order valence-electron chi connectivity index (χ0n) is 17.6. The highest BCUT2D eigenvalue weighted by atomic mass is 16.5. The van der Waals surface area contributed by atoms with Gasteiger partial charge in [0, 0.05) is 11.1 Å². The van der Waals surface area contributed by atoms with Crippen molar-refractivity contribution in [1.29, 1.82) is 0 Å². The summed E-state index contributed by atoms with van der Waals surface area (Å²) in [4.78, 5) is 16.7. The topological polar surface area (TPSA) is 97.3 Å². The maximum atomic E-state index is 12.1. The molecule has 0 saturated carbocycles. The van der Waals surface area contributed by atoms with E-state index < -0.39 is 5.97 Å². The first-order chi connectivity index (χ1) is 15.0. The van der Waals surface area contributed by atoms with E-state index in [2.05, 4.69) is 22.1 Å². The van der Waals surface area contributed by atoms with Crippen molar-refractivity contribution in [3.63, 3.8) is 0 Å². The normalized spacial score (nSPS) is 10.9. The Hall–Kier alpha value is -3.87. The number of hydrogen-bond acceptors (Lipinski definition) is 5. The molecular weight excluding hydrogens is 394 g/mol. The molecule has 0 atom stereocenters. The molecule has 4 aromatic rings. The van der Waals surface area contributed by atoms with Gasteiger partial charge in [-0.2, -0.15) is 5.10 Å². The van der Waals surface area contributed by atoms with Gasteiger partial charge < -0.3 is 14.6 Å². The molecule has 0 radical (unpaired) electrons. The summed E-state index contributed by atoms with van der Waals surface area (Å²) in [5.74, 6) is 0.127. The molecule has 0 spiro atoms. The van der Waals surface area contributed by atoms with E-state index in [0.29, 0.717) is 46.1 Å². The van der Waals surface area contributed by atoms with Crippen LogP contribution in [0.3, 0.4) is 0 Å². The van der Waals surface area contributed by atoms with E-state index in [1.165, 1.54) is 5.56 Å². The van der Waals surface area contributed by atoms with Crippen LogP contribution in [0.2, 0.25) is 0 Å². The number of pyridine rings is 1. The maximum absolute atomic E-state index is 12.1. The van der Waals surface area contributed by atoms with Crippen LogP contribution in [-0.4, -0.2) is 40.0 Å². The second-order valence-corrected chi connectivity index (χ2v) is 7.01. The number of nitrogens with zero attached hydrogens (tertiary/aromatic N) is 2. The van der Waals surface area contributed by atoms with Gasteiger partial charge in [-0.15, -0.1) is 0 Å². The number of fused-ring (bicyclic) bond motifs is 1. The molecule has 2 aromatic heterocycles. The van der Waals surface area contributed by atoms with Crippen LogP contribution in [0, 0.1) is 0 Å². The number of ether oxygens (including phenoxy) is 2. The molecule has 2 aromatic carbocycles. The lowest BCUT2D eigenvalue weighted by atomic mass is 10.0. The van der Waals surface area contributed by atoms with Gasteiger partial charge in [-0.1, -0.05) is 31.2 Å². The lowest BCUT2D eigenvalue weighted by Gasteiger charge is -2.11. The summed E-state index contributed by atoms with van der Waals surface area (Å²) in [6.07, 6.45) is 0.931. The molecule has 0 fully saturated rings. The van der Waals surface area contributed by atoms with Gasteiger partial charge in [0.05, 0.1) is 36.1 Å². The smallest absolute Gasteiger partial charge is 0.336 e. The molecule has 4 rings (SSSR count). The minimum Gasteiger partial charge on any atom is -0.493 e. The van der Waals surface area contributed by atoms with Crippen LogP contribution in [0.1, 0.15) is 29.8 Å². The second-order valence-electron chi connectivity index (χ2n) is 7.01. The molecule has 2 N–H and O–H groups in total. The molecular formula is C24H23N3O4. The predicted molar refractivity (Wildman–Crippen MR) is 119 cm³/mol. The van der Waals surface area contributed by atoms with E-state index in [9.17, 15) is 9.90 Å². The first kappa shape index (κ1) is 20.4. The summed E-state index contributed by atoms with van der Waals surface area (Å²) >= 11 is 0. The van der Waals surface area contributed by atoms with Gasteiger partial charge in [-0.05, 0) is 43.2 Å². The number of aryl methyl sites for hydroxylation is 1. The number of hydrogen-bond donors (Lipinski definition) is 2. The third-order valence-corrected chi connectivity index (χ3v) is 5.16. The molecule has 0 aliphatic rings. The highest BCUT2D eigenvalue weighted by Gasteiger charge is 2.20. The number of carbonyl (C=O) groups is 1. The minimum atomic E-state index is -1.04. The highest BCUT2D eigenvalue weighted by Crippen LogP contribution is 2.35. The summed E-state index contributed by atoms with van der Waals surface area (Å²) in [5.41, 5.74) is 4.38. The Morgan fingerprint density at radius 3 is 2.42 bits per heavy atom. The number of aromatic amines is 1. The SMILES string of the molecule is CCOc1ccc(-c2cc(C(=O)O)c3c(-c4ccc(CC)cc4)[nH]nc3n2)cc1OC. The van der Waals surface area contributed by atoms with E-state index in [1.807, 2.05) is 37.3 Å². The number of carboxylic acids is 1. The molecule has 7 heteroatoms. The molecule has 31 heavy (non-hydrogen) atoms. The molecule has 2 heterocycles.